The van der Waals surface area contributed by atoms with Gasteiger partial charge in [-0.1, -0.05) is 18.2 Å². The van der Waals surface area contributed by atoms with Gasteiger partial charge in [-0.3, -0.25) is 0 Å². The van der Waals surface area contributed by atoms with Crippen LogP contribution < -0.4 is 5.73 Å². The standard InChI is InChI=1S/C12H17NO2/c13-4-6-14-5-3-10-1-2-11-8-15-9-12(11)7-10/h1-2,7H,3-6,8-9,13H2. The maximum atomic E-state index is 5.37. The number of fused-ring (bicyclic) bond motifs is 1. The molecular weight excluding hydrogens is 190 g/mol. The van der Waals surface area contributed by atoms with Crippen molar-refractivity contribution in [2.45, 2.75) is 19.6 Å². The van der Waals surface area contributed by atoms with Crippen LogP contribution in [0.4, 0.5) is 0 Å². The molecule has 2 rings (SSSR count). The molecule has 0 aliphatic carbocycles. The Morgan fingerprint density at radius 1 is 1.20 bits per heavy atom. The van der Waals surface area contributed by atoms with Crippen molar-refractivity contribution in [3.05, 3.63) is 34.9 Å². The van der Waals surface area contributed by atoms with E-state index in [0.717, 1.165) is 26.2 Å². The fourth-order valence-electron chi connectivity index (χ4n) is 1.76. The van der Waals surface area contributed by atoms with Crippen molar-refractivity contribution in [3.8, 4) is 0 Å². The molecule has 0 fully saturated rings. The Balaban J connectivity index is 1.87. The van der Waals surface area contributed by atoms with Crippen LogP contribution in [-0.4, -0.2) is 19.8 Å². The predicted octanol–water partition coefficient (Wildman–Crippen LogP) is 1.23. The Hall–Kier alpha value is -0.900. The summed E-state index contributed by atoms with van der Waals surface area (Å²) in [5.41, 5.74) is 9.30. The monoisotopic (exact) mass is 207 g/mol. The van der Waals surface area contributed by atoms with Gasteiger partial charge in [0.1, 0.15) is 0 Å². The van der Waals surface area contributed by atoms with E-state index in [1.54, 1.807) is 0 Å². The van der Waals surface area contributed by atoms with Crippen LogP contribution in [0.2, 0.25) is 0 Å². The smallest absolute Gasteiger partial charge is 0.0725 e. The van der Waals surface area contributed by atoms with Crippen molar-refractivity contribution >= 4 is 0 Å². The van der Waals surface area contributed by atoms with E-state index < -0.39 is 0 Å². The van der Waals surface area contributed by atoms with Gasteiger partial charge in [0.05, 0.1) is 26.4 Å². The summed E-state index contributed by atoms with van der Waals surface area (Å²) in [4.78, 5) is 0. The van der Waals surface area contributed by atoms with Gasteiger partial charge in [0.25, 0.3) is 0 Å². The molecule has 1 aliphatic heterocycles. The molecule has 1 aliphatic rings. The number of benzene rings is 1. The zero-order chi connectivity index (χ0) is 10.5. The molecule has 0 amide bonds. The number of hydrogen-bond acceptors (Lipinski definition) is 3. The van der Waals surface area contributed by atoms with E-state index in [-0.39, 0.29) is 0 Å². The fraction of sp³-hybridized carbons (Fsp3) is 0.500. The quantitative estimate of drug-likeness (QED) is 0.739. The first-order valence-corrected chi connectivity index (χ1v) is 5.36. The summed E-state index contributed by atoms with van der Waals surface area (Å²) in [5.74, 6) is 0. The first-order valence-electron chi connectivity index (χ1n) is 5.36. The normalized spacial score (nSPS) is 14.2. The second-order valence-corrected chi connectivity index (χ2v) is 3.75. The minimum atomic E-state index is 0.595. The lowest BCUT2D eigenvalue weighted by Gasteiger charge is -2.04. The SMILES string of the molecule is NCCOCCc1ccc2c(c1)COC2. The number of rotatable bonds is 5. The van der Waals surface area contributed by atoms with Crippen LogP contribution in [0.15, 0.2) is 18.2 Å². The van der Waals surface area contributed by atoms with Crippen molar-refractivity contribution in [2.24, 2.45) is 5.73 Å². The largest absolute Gasteiger partial charge is 0.380 e. The lowest BCUT2D eigenvalue weighted by molar-refractivity contribution is 0.134. The van der Waals surface area contributed by atoms with Crippen LogP contribution in [0.1, 0.15) is 16.7 Å². The van der Waals surface area contributed by atoms with Crippen LogP contribution in [-0.2, 0) is 29.1 Å². The minimum Gasteiger partial charge on any atom is -0.380 e. The third-order valence-electron chi connectivity index (χ3n) is 2.58. The van der Waals surface area contributed by atoms with Crippen LogP contribution in [0, 0.1) is 0 Å². The molecule has 0 saturated heterocycles. The molecule has 0 aromatic heterocycles. The highest BCUT2D eigenvalue weighted by Gasteiger charge is 2.10. The van der Waals surface area contributed by atoms with Gasteiger partial charge in [0.2, 0.25) is 0 Å². The van der Waals surface area contributed by atoms with E-state index >= 15 is 0 Å². The van der Waals surface area contributed by atoms with Crippen molar-refractivity contribution in [2.75, 3.05) is 19.8 Å². The molecule has 0 atom stereocenters. The van der Waals surface area contributed by atoms with Crippen LogP contribution in [0.5, 0.6) is 0 Å². The molecule has 3 nitrogen and oxygen atoms in total. The molecule has 0 radical (unpaired) electrons. The molecule has 3 heteroatoms. The van der Waals surface area contributed by atoms with Gasteiger partial charge in [-0.2, -0.15) is 0 Å². The summed E-state index contributed by atoms with van der Waals surface area (Å²) >= 11 is 0. The van der Waals surface area contributed by atoms with Gasteiger partial charge >= 0.3 is 0 Å². The summed E-state index contributed by atoms with van der Waals surface area (Å²) in [7, 11) is 0. The Bertz CT molecular complexity index is 325. The summed E-state index contributed by atoms with van der Waals surface area (Å²) in [5, 5.41) is 0. The van der Waals surface area contributed by atoms with Crippen LogP contribution >= 0.6 is 0 Å². The second kappa shape index (κ2) is 5.26. The fourth-order valence-corrected chi connectivity index (χ4v) is 1.76. The molecule has 0 bridgehead atoms. The molecule has 2 N–H and O–H groups in total. The van der Waals surface area contributed by atoms with Gasteiger partial charge < -0.3 is 15.2 Å². The van der Waals surface area contributed by atoms with Gasteiger partial charge in [0, 0.05) is 6.54 Å². The topological polar surface area (TPSA) is 44.5 Å². The Morgan fingerprint density at radius 3 is 2.93 bits per heavy atom. The van der Waals surface area contributed by atoms with E-state index in [2.05, 4.69) is 18.2 Å². The molecule has 15 heavy (non-hydrogen) atoms. The highest BCUT2D eigenvalue weighted by molar-refractivity contribution is 5.33. The van der Waals surface area contributed by atoms with E-state index in [4.69, 9.17) is 15.2 Å². The summed E-state index contributed by atoms with van der Waals surface area (Å²) < 4.78 is 10.7. The molecular formula is C12H17NO2. The van der Waals surface area contributed by atoms with E-state index in [1.807, 2.05) is 0 Å². The zero-order valence-corrected chi connectivity index (χ0v) is 8.87. The van der Waals surface area contributed by atoms with E-state index in [0.29, 0.717) is 13.2 Å². The number of nitrogens with two attached hydrogens (primary N) is 1. The third-order valence-corrected chi connectivity index (χ3v) is 2.58. The Kier molecular flexibility index (Phi) is 3.72. The first-order chi connectivity index (χ1) is 7.40. The first kappa shape index (κ1) is 10.6. The lowest BCUT2D eigenvalue weighted by Crippen LogP contribution is -2.10. The molecule has 1 aromatic carbocycles. The van der Waals surface area contributed by atoms with Gasteiger partial charge in [0.15, 0.2) is 0 Å². The van der Waals surface area contributed by atoms with Crippen molar-refractivity contribution < 1.29 is 9.47 Å². The molecule has 1 aromatic rings. The van der Waals surface area contributed by atoms with E-state index in [1.165, 1.54) is 16.7 Å². The van der Waals surface area contributed by atoms with Crippen molar-refractivity contribution in [1.82, 2.24) is 0 Å². The molecule has 0 unspecified atom stereocenters. The highest BCUT2D eigenvalue weighted by Crippen LogP contribution is 2.20. The molecule has 0 spiro atoms. The van der Waals surface area contributed by atoms with Crippen molar-refractivity contribution in [3.63, 3.8) is 0 Å². The lowest BCUT2D eigenvalue weighted by atomic mass is 10.0. The molecule has 82 valence electrons. The van der Waals surface area contributed by atoms with Gasteiger partial charge in [-0.25, -0.2) is 0 Å². The van der Waals surface area contributed by atoms with Gasteiger partial charge in [-0.15, -0.1) is 0 Å². The number of hydrogen-bond donors (Lipinski definition) is 1. The Morgan fingerprint density at radius 2 is 2.07 bits per heavy atom. The van der Waals surface area contributed by atoms with Crippen LogP contribution in [0.3, 0.4) is 0 Å². The summed E-state index contributed by atoms with van der Waals surface area (Å²) in [6.45, 7) is 3.51. The summed E-state index contributed by atoms with van der Waals surface area (Å²) in [6, 6.07) is 6.52. The second-order valence-electron chi connectivity index (χ2n) is 3.75. The van der Waals surface area contributed by atoms with Crippen LogP contribution in [0.25, 0.3) is 0 Å². The maximum Gasteiger partial charge on any atom is 0.0725 e. The Labute approximate surface area is 90.2 Å². The average Bonchev–Trinajstić information content (AvgIpc) is 2.71. The minimum absolute atomic E-state index is 0.595. The third kappa shape index (κ3) is 2.78. The zero-order valence-electron chi connectivity index (χ0n) is 8.87. The predicted molar refractivity (Wildman–Crippen MR) is 58.5 cm³/mol. The summed E-state index contributed by atoms with van der Waals surface area (Å²) in [6.07, 6.45) is 0.952. The van der Waals surface area contributed by atoms with Crippen molar-refractivity contribution in [1.29, 1.82) is 0 Å². The molecule has 0 saturated carbocycles. The van der Waals surface area contributed by atoms with E-state index in [9.17, 15) is 0 Å². The molecule has 1 heterocycles. The highest BCUT2D eigenvalue weighted by atomic mass is 16.5. The maximum absolute atomic E-state index is 5.37. The number of ether oxygens (including phenoxy) is 2. The van der Waals surface area contributed by atoms with Gasteiger partial charge in [-0.05, 0) is 23.1 Å². The average molecular weight is 207 g/mol.